The second kappa shape index (κ2) is 6.26. The minimum atomic E-state index is -0.442. The van der Waals surface area contributed by atoms with E-state index >= 15 is 0 Å². The average molecular weight is 299 g/mol. The summed E-state index contributed by atoms with van der Waals surface area (Å²) in [6, 6.07) is 10.7. The maximum atomic E-state index is 13.2. The molecule has 1 aromatic carbocycles. The van der Waals surface area contributed by atoms with E-state index in [-0.39, 0.29) is 24.1 Å². The normalized spacial score (nSPS) is 12.0. The summed E-state index contributed by atoms with van der Waals surface area (Å²) in [5.74, 6) is -0.103. The molecule has 1 N–H and O–H groups in total. The van der Waals surface area contributed by atoms with Crippen LogP contribution in [0.5, 0.6) is 0 Å². The lowest BCUT2D eigenvalue weighted by Gasteiger charge is -2.16. The second-order valence-corrected chi connectivity index (χ2v) is 4.74. The number of benzene rings is 1. The van der Waals surface area contributed by atoms with E-state index in [1.54, 1.807) is 41.5 Å². The van der Waals surface area contributed by atoms with Gasteiger partial charge in [-0.25, -0.2) is 4.39 Å². The van der Waals surface area contributed by atoms with Crippen LogP contribution in [0.2, 0.25) is 0 Å². The van der Waals surface area contributed by atoms with Crippen molar-refractivity contribution >= 4 is 5.91 Å². The van der Waals surface area contributed by atoms with Crippen molar-refractivity contribution in [1.82, 2.24) is 15.1 Å². The molecule has 0 bridgehead atoms. The largest absolute Gasteiger partial charge is 0.467 e. The number of rotatable bonds is 5. The van der Waals surface area contributed by atoms with Crippen molar-refractivity contribution in [2.75, 3.05) is 6.54 Å². The highest BCUT2D eigenvalue weighted by Crippen LogP contribution is 2.17. The Balaban J connectivity index is 1.73. The van der Waals surface area contributed by atoms with E-state index in [0.29, 0.717) is 5.76 Å². The van der Waals surface area contributed by atoms with E-state index in [1.807, 2.05) is 6.07 Å². The Morgan fingerprint density at radius 1 is 1.32 bits per heavy atom. The third-order valence-corrected chi connectivity index (χ3v) is 3.26. The Labute approximate surface area is 126 Å². The Morgan fingerprint density at radius 3 is 2.91 bits per heavy atom. The van der Waals surface area contributed by atoms with Gasteiger partial charge in [0.1, 0.15) is 17.6 Å². The summed E-state index contributed by atoms with van der Waals surface area (Å²) in [4.78, 5) is 12.1. The summed E-state index contributed by atoms with van der Waals surface area (Å²) in [6.07, 6.45) is 5.02. The molecule has 0 unspecified atom stereocenters. The molecular formula is C16H14FN3O2. The highest BCUT2D eigenvalue weighted by atomic mass is 19.1. The molecule has 22 heavy (non-hydrogen) atoms. The van der Waals surface area contributed by atoms with Gasteiger partial charge in [-0.05, 0) is 36.4 Å². The Bertz CT molecular complexity index is 704. The number of amides is 1. The molecule has 0 aliphatic carbocycles. The molecule has 1 atom stereocenters. The summed E-state index contributed by atoms with van der Waals surface area (Å²) in [5, 5.41) is 6.96. The Morgan fingerprint density at radius 2 is 2.23 bits per heavy atom. The number of hydrogen-bond donors (Lipinski definition) is 1. The van der Waals surface area contributed by atoms with Gasteiger partial charge in [-0.3, -0.25) is 9.48 Å². The zero-order chi connectivity index (χ0) is 15.4. The molecule has 0 saturated carbocycles. The van der Waals surface area contributed by atoms with Crippen LogP contribution in [0.4, 0.5) is 4.39 Å². The molecule has 3 rings (SSSR count). The zero-order valence-electron chi connectivity index (χ0n) is 11.6. The molecule has 0 aliphatic heterocycles. The minimum Gasteiger partial charge on any atom is -0.467 e. The van der Waals surface area contributed by atoms with Gasteiger partial charge in [0.2, 0.25) is 0 Å². The standard InChI is InChI=1S/C16H14FN3O2/c17-13-5-1-4-12(10-13)16(21)18-11-14(15-6-2-9-22-15)20-8-3-7-19-20/h1-10,14H,11H2,(H,18,21)/t14-/m0/s1. The molecule has 0 spiro atoms. The quantitative estimate of drug-likeness (QED) is 0.788. The van der Waals surface area contributed by atoms with Crippen molar-refractivity contribution in [3.05, 3.63) is 78.3 Å². The van der Waals surface area contributed by atoms with Crippen LogP contribution in [0.1, 0.15) is 22.2 Å². The van der Waals surface area contributed by atoms with Gasteiger partial charge in [0, 0.05) is 24.5 Å². The molecule has 112 valence electrons. The predicted octanol–water partition coefficient (Wildman–Crippen LogP) is 2.63. The highest BCUT2D eigenvalue weighted by molar-refractivity contribution is 5.94. The SMILES string of the molecule is O=C(NC[C@@H](c1ccco1)n1cccn1)c1cccc(F)c1. The molecule has 1 amide bonds. The molecule has 0 aliphatic rings. The molecular weight excluding hydrogens is 285 g/mol. The van der Waals surface area contributed by atoms with Gasteiger partial charge in [-0.1, -0.05) is 6.07 Å². The van der Waals surface area contributed by atoms with Gasteiger partial charge in [0.15, 0.2) is 0 Å². The summed E-state index contributed by atoms with van der Waals surface area (Å²) in [7, 11) is 0. The number of aromatic nitrogens is 2. The zero-order valence-corrected chi connectivity index (χ0v) is 11.6. The number of halogens is 1. The highest BCUT2D eigenvalue weighted by Gasteiger charge is 2.18. The summed E-state index contributed by atoms with van der Waals surface area (Å²) in [6.45, 7) is 0.282. The van der Waals surface area contributed by atoms with Crippen molar-refractivity contribution < 1.29 is 13.6 Å². The first-order valence-corrected chi connectivity index (χ1v) is 6.80. The first kappa shape index (κ1) is 14.1. The van der Waals surface area contributed by atoms with Crippen molar-refractivity contribution in [2.45, 2.75) is 6.04 Å². The van der Waals surface area contributed by atoms with Crippen LogP contribution in [-0.4, -0.2) is 22.2 Å². The lowest BCUT2D eigenvalue weighted by Crippen LogP contribution is -2.31. The van der Waals surface area contributed by atoms with Gasteiger partial charge < -0.3 is 9.73 Å². The van der Waals surface area contributed by atoms with E-state index < -0.39 is 5.82 Å². The predicted molar refractivity (Wildman–Crippen MR) is 77.8 cm³/mol. The van der Waals surface area contributed by atoms with Gasteiger partial charge >= 0.3 is 0 Å². The molecule has 2 aromatic heterocycles. The van der Waals surface area contributed by atoms with Gasteiger partial charge in [0.25, 0.3) is 5.91 Å². The summed E-state index contributed by atoms with van der Waals surface area (Å²) < 4.78 is 20.3. The Hall–Kier alpha value is -2.89. The fourth-order valence-corrected chi connectivity index (χ4v) is 2.19. The summed E-state index contributed by atoms with van der Waals surface area (Å²) >= 11 is 0. The number of furan rings is 1. The van der Waals surface area contributed by atoms with Crippen LogP contribution >= 0.6 is 0 Å². The Kier molecular flexibility index (Phi) is 4.00. The second-order valence-electron chi connectivity index (χ2n) is 4.74. The first-order chi connectivity index (χ1) is 10.7. The topological polar surface area (TPSA) is 60.1 Å². The molecule has 0 saturated heterocycles. The van der Waals surface area contributed by atoms with E-state index in [0.717, 1.165) is 0 Å². The number of carbonyl (C=O) groups is 1. The van der Waals surface area contributed by atoms with E-state index in [1.165, 1.54) is 18.2 Å². The van der Waals surface area contributed by atoms with Gasteiger partial charge in [-0.2, -0.15) is 5.10 Å². The monoisotopic (exact) mass is 299 g/mol. The van der Waals surface area contributed by atoms with E-state index in [9.17, 15) is 9.18 Å². The van der Waals surface area contributed by atoms with Crippen molar-refractivity contribution in [3.63, 3.8) is 0 Å². The van der Waals surface area contributed by atoms with Crippen LogP contribution in [0.15, 0.2) is 65.5 Å². The van der Waals surface area contributed by atoms with Crippen LogP contribution in [-0.2, 0) is 0 Å². The van der Waals surface area contributed by atoms with Crippen LogP contribution < -0.4 is 5.32 Å². The third kappa shape index (κ3) is 3.06. The van der Waals surface area contributed by atoms with Crippen LogP contribution in [0.25, 0.3) is 0 Å². The molecule has 0 fully saturated rings. The van der Waals surface area contributed by atoms with Crippen LogP contribution in [0.3, 0.4) is 0 Å². The number of nitrogens with zero attached hydrogens (tertiary/aromatic N) is 2. The third-order valence-electron chi connectivity index (χ3n) is 3.26. The first-order valence-electron chi connectivity index (χ1n) is 6.80. The average Bonchev–Trinajstić information content (AvgIpc) is 3.21. The minimum absolute atomic E-state index is 0.262. The molecule has 3 aromatic rings. The van der Waals surface area contributed by atoms with Crippen molar-refractivity contribution in [2.24, 2.45) is 0 Å². The lowest BCUT2D eigenvalue weighted by atomic mass is 10.2. The van der Waals surface area contributed by atoms with Gasteiger partial charge in [0.05, 0.1) is 6.26 Å². The molecule has 6 heteroatoms. The van der Waals surface area contributed by atoms with Gasteiger partial charge in [-0.15, -0.1) is 0 Å². The van der Waals surface area contributed by atoms with Crippen molar-refractivity contribution in [1.29, 1.82) is 0 Å². The fourth-order valence-electron chi connectivity index (χ4n) is 2.19. The maximum absolute atomic E-state index is 13.2. The van der Waals surface area contributed by atoms with E-state index in [2.05, 4.69) is 10.4 Å². The summed E-state index contributed by atoms with van der Waals surface area (Å²) in [5.41, 5.74) is 0.277. The van der Waals surface area contributed by atoms with Crippen LogP contribution in [0, 0.1) is 5.82 Å². The van der Waals surface area contributed by atoms with Crippen molar-refractivity contribution in [3.8, 4) is 0 Å². The maximum Gasteiger partial charge on any atom is 0.251 e. The lowest BCUT2D eigenvalue weighted by molar-refractivity contribution is 0.0947. The molecule has 0 radical (unpaired) electrons. The smallest absolute Gasteiger partial charge is 0.251 e. The van der Waals surface area contributed by atoms with E-state index in [4.69, 9.17) is 4.42 Å². The number of hydrogen-bond acceptors (Lipinski definition) is 3. The molecule has 2 heterocycles. The fraction of sp³-hybridized carbons (Fsp3) is 0.125. The number of nitrogens with one attached hydrogen (secondary N) is 1. The molecule has 5 nitrogen and oxygen atoms in total. The number of carbonyl (C=O) groups excluding carboxylic acids is 1.